The molecule has 0 saturated heterocycles. The first-order valence-electron chi connectivity index (χ1n) is 5.79. The molecule has 1 unspecified atom stereocenters. The third-order valence-corrected chi connectivity index (χ3v) is 3.68. The maximum Gasteiger partial charge on any atom is 0.197 e. The topological polar surface area (TPSA) is 69.6 Å². The number of aromatic nitrogens is 4. The summed E-state index contributed by atoms with van der Waals surface area (Å²) < 4.78 is 1.88. The molecule has 5 nitrogen and oxygen atoms in total. The monoisotopic (exact) mass is 263 g/mol. The Morgan fingerprint density at radius 3 is 2.83 bits per heavy atom. The summed E-state index contributed by atoms with van der Waals surface area (Å²) in [4.78, 5) is 4.47. The first-order chi connectivity index (χ1) is 8.56. The molecule has 0 saturated carbocycles. The van der Waals surface area contributed by atoms with Crippen LogP contribution in [0.1, 0.15) is 18.1 Å². The molecule has 96 valence electrons. The van der Waals surface area contributed by atoms with E-state index in [9.17, 15) is 0 Å². The average Bonchev–Trinajstić information content (AvgIpc) is 2.67. The van der Waals surface area contributed by atoms with E-state index in [1.54, 1.807) is 6.33 Å². The van der Waals surface area contributed by atoms with Gasteiger partial charge in [-0.2, -0.15) is 0 Å². The van der Waals surface area contributed by atoms with Gasteiger partial charge in [0.05, 0.1) is 0 Å². The molecule has 2 N–H and O–H groups in total. The second-order valence-electron chi connectivity index (χ2n) is 4.47. The molecule has 0 aromatic carbocycles. The van der Waals surface area contributed by atoms with Gasteiger partial charge in [0.25, 0.3) is 0 Å². The summed E-state index contributed by atoms with van der Waals surface area (Å²) in [7, 11) is 1.92. The van der Waals surface area contributed by atoms with Crippen molar-refractivity contribution >= 4 is 11.8 Å². The number of nitrogens with two attached hydrogens (primary N) is 1. The van der Waals surface area contributed by atoms with Crippen LogP contribution >= 0.6 is 11.8 Å². The van der Waals surface area contributed by atoms with E-state index in [0.29, 0.717) is 0 Å². The van der Waals surface area contributed by atoms with E-state index in [-0.39, 0.29) is 6.04 Å². The molecule has 2 aromatic rings. The lowest BCUT2D eigenvalue weighted by Crippen LogP contribution is -2.17. The van der Waals surface area contributed by atoms with Crippen LogP contribution in [-0.4, -0.2) is 25.8 Å². The SMILES string of the molecule is Cc1cc(CC(C)N)cnc1Sc1nncn1C. The lowest BCUT2D eigenvalue weighted by molar-refractivity contribution is 0.732. The Bertz CT molecular complexity index is 535. The van der Waals surface area contributed by atoms with Crippen molar-refractivity contribution in [2.45, 2.75) is 36.5 Å². The normalized spacial score (nSPS) is 12.7. The number of aryl methyl sites for hydroxylation is 2. The molecule has 0 aliphatic heterocycles. The Hall–Kier alpha value is -1.40. The van der Waals surface area contributed by atoms with Crippen molar-refractivity contribution in [1.82, 2.24) is 19.7 Å². The fourth-order valence-electron chi connectivity index (χ4n) is 1.66. The number of hydrogen-bond donors (Lipinski definition) is 1. The van der Waals surface area contributed by atoms with Crippen LogP contribution in [0.15, 0.2) is 28.8 Å². The van der Waals surface area contributed by atoms with Crippen LogP contribution < -0.4 is 5.73 Å². The first kappa shape index (κ1) is 13.0. The van der Waals surface area contributed by atoms with Gasteiger partial charge < -0.3 is 10.3 Å². The predicted molar refractivity (Wildman–Crippen MR) is 71.5 cm³/mol. The maximum atomic E-state index is 5.79. The van der Waals surface area contributed by atoms with Gasteiger partial charge in [0.1, 0.15) is 11.4 Å². The van der Waals surface area contributed by atoms with Gasteiger partial charge in [-0.25, -0.2) is 4.98 Å². The zero-order valence-electron chi connectivity index (χ0n) is 10.8. The molecular formula is C12H17N5S. The predicted octanol–water partition coefficient (Wildman–Crippen LogP) is 1.56. The molecule has 0 amide bonds. The van der Waals surface area contributed by atoms with E-state index in [1.807, 2.05) is 24.7 Å². The van der Waals surface area contributed by atoms with Gasteiger partial charge in [-0.05, 0) is 43.2 Å². The minimum atomic E-state index is 0.156. The third kappa shape index (κ3) is 3.08. The summed E-state index contributed by atoms with van der Waals surface area (Å²) in [6.45, 7) is 4.05. The number of rotatable bonds is 4. The van der Waals surface area contributed by atoms with E-state index in [1.165, 1.54) is 17.3 Å². The molecule has 2 aromatic heterocycles. The number of hydrogen-bond acceptors (Lipinski definition) is 5. The Balaban J connectivity index is 2.17. The van der Waals surface area contributed by atoms with E-state index in [0.717, 1.165) is 22.2 Å². The van der Waals surface area contributed by atoms with Crippen LogP contribution in [-0.2, 0) is 13.5 Å². The summed E-state index contributed by atoms with van der Waals surface area (Å²) in [5.41, 5.74) is 8.10. The highest BCUT2D eigenvalue weighted by atomic mass is 32.2. The van der Waals surface area contributed by atoms with Crippen LogP contribution in [0, 0.1) is 6.92 Å². The molecule has 2 rings (SSSR count). The van der Waals surface area contributed by atoms with Crippen LogP contribution in [0.4, 0.5) is 0 Å². The second kappa shape index (κ2) is 5.49. The summed E-state index contributed by atoms with van der Waals surface area (Å²) in [5, 5.41) is 9.69. The molecule has 0 aliphatic rings. The van der Waals surface area contributed by atoms with Crippen molar-refractivity contribution in [2.75, 3.05) is 0 Å². The zero-order valence-corrected chi connectivity index (χ0v) is 11.6. The average molecular weight is 263 g/mol. The van der Waals surface area contributed by atoms with Gasteiger partial charge in [-0.1, -0.05) is 6.07 Å². The molecule has 2 heterocycles. The van der Waals surface area contributed by atoms with Crippen molar-refractivity contribution in [2.24, 2.45) is 12.8 Å². The van der Waals surface area contributed by atoms with E-state index < -0.39 is 0 Å². The summed E-state index contributed by atoms with van der Waals surface area (Å²) in [6, 6.07) is 2.29. The first-order valence-corrected chi connectivity index (χ1v) is 6.61. The van der Waals surface area contributed by atoms with Crippen molar-refractivity contribution in [1.29, 1.82) is 0 Å². The van der Waals surface area contributed by atoms with Gasteiger partial charge >= 0.3 is 0 Å². The smallest absolute Gasteiger partial charge is 0.197 e. The van der Waals surface area contributed by atoms with Crippen molar-refractivity contribution in [3.05, 3.63) is 29.7 Å². The minimum absolute atomic E-state index is 0.156. The number of nitrogens with zero attached hydrogens (tertiary/aromatic N) is 4. The molecule has 6 heteroatoms. The van der Waals surface area contributed by atoms with Crippen molar-refractivity contribution in [3.63, 3.8) is 0 Å². The molecule has 1 atom stereocenters. The second-order valence-corrected chi connectivity index (χ2v) is 5.43. The van der Waals surface area contributed by atoms with Crippen molar-refractivity contribution < 1.29 is 0 Å². The van der Waals surface area contributed by atoms with Crippen LogP contribution in [0.5, 0.6) is 0 Å². The van der Waals surface area contributed by atoms with E-state index in [2.05, 4.69) is 28.2 Å². The molecule has 0 aliphatic carbocycles. The zero-order chi connectivity index (χ0) is 13.1. The molecule has 0 bridgehead atoms. The van der Waals surface area contributed by atoms with Gasteiger partial charge in [-0.15, -0.1) is 10.2 Å². The van der Waals surface area contributed by atoms with Gasteiger partial charge in [-0.3, -0.25) is 0 Å². The molecule has 18 heavy (non-hydrogen) atoms. The number of pyridine rings is 1. The maximum absolute atomic E-state index is 5.79. The third-order valence-electron chi connectivity index (χ3n) is 2.50. The van der Waals surface area contributed by atoms with E-state index >= 15 is 0 Å². The van der Waals surface area contributed by atoms with E-state index in [4.69, 9.17) is 5.73 Å². The fraction of sp³-hybridized carbons (Fsp3) is 0.417. The molecule has 0 fully saturated rings. The van der Waals surface area contributed by atoms with Crippen LogP contribution in [0.25, 0.3) is 0 Å². The molecule has 0 radical (unpaired) electrons. The van der Waals surface area contributed by atoms with Gasteiger partial charge in [0, 0.05) is 19.3 Å². The highest BCUT2D eigenvalue weighted by Gasteiger charge is 2.09. The summed E-state index contributed by atoms with van der Waals surface area (Å²) >= 11 is 1.52. The fourth-order valence-corrected chi connectivity index (χ4v) is 2.44. The van der Waals surface area contributed by atoms with Crippen LogP contribution in [0.2, 0.25) is 0 Å². The Labute approximate surface area is 111 Å². The van der Waals surface area contributed by atoms with Gasteiger partial charge in [0.2, 0.25) is 0 Å². The Morgan fingerprint density at radius 1 is 1.50 bits per heavy atom. The lowest BCUT2D eigenvalue weighted by atomic mass is 10.1. The largest absolute Gasteiger partial charge is 0.328 e. The standard InChI is InChI=1S/C12H17N5S/c1-8-4-10(5-9(2)13)6-14-11(8)18-12-16-15-7-17(12)3/h4,6-7,9H,5,13H2,1-3H3. The molecule has 0 spiro atoms. The van der Waals surface area contributed by atoms with Crippen molar-refractivity contribution in [3.8, 4) is 0 Å². The minimum Gasteiger partial charge on any atom is -0.328 e. The highest BCUT2D eigenvalue weighted by molar-refractivity contribution is 7.99. The Kier molecular flexibility index (Phi) is 3.98. The lowest BCUT2D eigenvalue weighted by Gasteiger charge is -2.08. The highest BCUT2D eigenvalue weighted by Crippen LogP contribution is 2.26. The van der Waals surface area contributed by atoms with Crippen LogP contribution in [0.3, 0.4) is 0 Å². The summed E-state index contributed by atoms with van der Waals surface area (Å²) in [6.07, 6.45) is 4.42. The summed E-state index contributed by atoms with van der Waals surface area (Å²) in [5.74, 6) is 0. The quantitative estimate of drug-likeness (QED) is 0.906. The van der Waals surface area contributed by atoms with Gasteiger partial charge in [0.15, 0.2) is 5.16 Å². The Morgan fingerprint density at radius 2 is 2.28 bits per heavy atom. The molecular weight excluding hydrogens is 246 g/mol.